The maximum absolute atomic E-state index is 13.5. The van der Waals surface area contributed by atoms with Gasteiger partial charge in [-0.05, 0) is 48.0 Å². The van der Waals surface area contributed by atoms with E-state index in [2.05, 4.69) is 31.9 Å². The zero-order valence-electron chi connectivity index (χ0n) is 16.1. The third-order valence-electron chi connectivity index (χ3n) is 4.74. The number of hydrogen-bond donors (Lipinski definition) is 0. The number of halogens is 2. The summed E-state index contributed by atoms with van der Waals surface area (Å²) in [4.78, 5) is 26.7. The molecule has 1 aliphatic heterocycles. The quantitative estimate of drug-likeness (QED) is 0.241. The van der Waals surface area contributed by atoms with Crippen LogP contribution in [0.5, 0.6) is 5.75 Å². The third-order valence-corrected chi connectivity index (χ3v) is 7.51. The summed E-state index contributed by atoms with van der Waals surface area (Å²) in [7, 11) is 0. The van der Waals surface area contributed by atoms with E-state index in [0.29, 0.717) is 38.8 Å². The van der Waals surface area contributed by atoms with Crippen LogP contribution in [-0.4, -0.2) is 38.3 Å². The topological polar surface area (TPSA) is 72.7 Å². The summed E-state index contributed by atoms with van der Waals surface area (Å²) >= 11 is 13.6. The molecule has 6 nitrogen and oxygen atoms in total. The van der Waals surface area contributed by atoms with Crippen LogP contribution in [0.15, 0.2) is 45.3 Å². The molecule has 3 rings (SSSR count). The number of benzene rings is 2. The second-order valence-electron chi connectivity index (χ2n) is 6.46. The van der Waals surface area contributed by atoms with Crippen LogP contribution in [0.2, 0.25) is 0 Å². The Morgan fingerprint density at radius 2 is 1.93 bits per heavy atom. The van der Waals surface area contributed by atoms with Gasteiger partial charge in [0.1, 0.15) is 15.3 Å². The minimum Gasteiger partial charge on any atom is -0.482 e. The summed E-state index contributed by atoms with van der Waals surface area (Å²) < 4.78 is 8.11. The predicted octanol–water partition coefficient (Wildman–Crippen LogP) is 6.16. The molecule has 0 saturated carbocycles. The second kappa shape index (κ2) is 9.76. The lowest BCUT2D eigenvalue weighted by Crippen LogP contribution is -2.38. The highest BCUT2D eigenvalue weighted by Gasteiger charge is 2.43. The number of rotatable bonds is 5. The molecule has 30 heavy (non-hydrogen) atoms. The van der Waals surface area contributed by atoms with Crippen molar-refractivity contribution in [3.8, 4) is 5.75 Å². The van der Waals surface area contributed by atoms with Crippen molar-refractivity contribution in [1.82, 2.24) is 4.90 Å². The Bertz CT molecular complexity index is 1010. The van der Waals surface area contributed by atoms with Crippen LogP contribution in [0, 0.1) is 10.1 Å². The fourth-order valence-corrected chi connectivity index (χ4v) is 6.32. The summed E-state index contributed by atoms with van der Waals surface area (Å²) in [6.07, 6.45) is -0.859. The second-order valence-corrected chi connectivity index (χ2v) is 10.0. The molecule has 0 bridgehead atoms. The van der Waals surface area contributed by atoms with Gasteiger partial charge in [-0.25, -0.2) is 0 Å². The average Bonchev–Trinajstić information content (AvgIpc) is 2.71. The molecule has 2 aromatic carbocycles. The highest BCUT2D eigenvalue weighted by Crippen LogP contribution is 2.47. The lowest BCUT2D eigenvalue weighted by Gasteiger charge is -2.34. The molecule has 1 aliphatic rings. The monoisotopic (exact) mass is 572 g/mol. The predicted molar refractivity (Wildman–Crippen MR) is 130 cm³/mol. The Balaban J connectivity index is 2.13. The van der Waals surface area contributed by atoms with Crippen LogP contribution in [0.3, 0.4) is 0 Å². The van der Waals surface area contributed by atoms with E-state index in [4.69, 9.17) is 17.0 Å². The molecule has 2 atom stereocenters. The molecular weight excluding hydrogens is 556 g/mol. The van der Waals surface area contributed by atoms with Gasteiger partial charge in [0.25, 0.3) is 5.69 Å². The molecule has 158 valence electrons. The van der Waals surface area contributed by atoms with E-state index in [1.54, 1.807) is 30.3 Å². The number of para-hydroxylation sites is 1. The van der Waals surface area contributed by atoms with Gasteiger partial charge in [-0.1, -0.05) is 52.0 Å². The van der Waals surface area contributed by atoms with Crippen LogP contribution >= 0.6 is 55.8 Å². The fraction of sp³-hybridized carbons (Fsp3) is 0.300. The summed E-state index contributed by atoms with van der Waals surface area (Å²) in [5.41, 5.74) is 0.661. The number of thiocarbonyl (C=S) groups is 1. The molecule has 10 heteroatoms. The van der Waals surface area contributed by atoms with Gasteiger partial charge in [0, 0.05) is 23.6 Å². The van der Waals surface area contributed by atoms with Crippen LogP contribution in [-0.2, 0) is 0 Å². The fourth-order valence-electron chi connectivity index (χ4n) is 3.24. The van der Waals surface area contributed by atoms with E-state index >= 15 is 0 Å². The molecule has 0 aliphatic carbocycles. The molecule has 0 amide bonds. The van der Waals surface area contributed by atoms with Gasteiger partial charge in [-0.3, -0.25) is 14.9 Å². The van der Waals surface area contributed by atoms with Crippen molar-refractivity contribution in [1.29, 1.82) is 0 Å². The first-order chi connectivity index (χ1) is 14.3. The van der Waals surface area contributed by atoms with E-state index in [0.717, 1.165) is 4.47 Å². The number of thioether (sulfide) groups is 1. The first-order valence-electron chi connectivity index (χ1n) is 9.17. The van der Waals surface area contributed by atoms with Crippen molar-refractivity contribution in [2.75, 3.05) is 13.1 Å². The number of ether oxygens (including phenoxy) is 1. The molecule has 1 heterocycles. The van der Waals surface area contributed by atoms with Crippen molar-refractivity contribution < 1.29 is 14.5 Å². The number of fused-ring (bicyclic) bond motifs is 1. The minimum atomic E-state index is -0.859. The number of nitrogens with zero attached hydrogens (tertiary/aromatic N) is 2. The minimum absolute atomic E-state index is 0.0914. The number of ketones is 1. The largest absolute Gasteiger partial charge is 0.482 e. The molecular formula is C20H18Br2N2O4S2. The summed E-state index contributed by atoms with van der Waals surface area (Å²) in [6, 6.07) is 9.81. The Kier molecular flexibility index (Phi) is 7.54. The molecule has 2 aromatic rings. The van der Waals surface area contributed by atoms with Crippen LogP contribution < -0.4 is 4.74 Å². The Hall–Kier alpha value is -1.49. The molecule has 2 unspecified atom stereocenters. The van der Waals surface area contributed by atoms with Crippen LogP contribution in [0.4, 0.5) is 5.69 Å². The van der Waals surface area contributed by atoms with Crippen LogP contribution in [0.1, 0.15) is 35.9 Å². The number of carbonyl (C=O) groups is 1. The lowest BCUT2D eigenvalue weighted by molar-refractivity contribution is -0.386. The zero-order valence-corrected chi connectivity index (χ0v) is 20.9. The standard InChI is InChI=1S/C20H18Br2N2O4S2/c1-3-23(4-2)20(29)30-19-16(25)13-9-11(21)10-14(22)17(13)28-18(19)12-7-5-6-8-15(12)24(26)27/h5-10,18-19H,3-4H2,1-2H3. The number of nitro groups is 1. The normalized spacial score (nSPS) is 17.8. The van der Waals surface area contributed by atoms with Crippen molar-refractivity contribution >= 4 is 71.6 Å². The Morgan fingerprint density at radius 3 is 2.57 bits per heavy atom. The average molecular weight is 574 g/mol. The van der Waals surface area contributed by atoms with Crippen molar-refractivity contribution in [2.45, 2.75) is 25.2 Å². The molecule has 0 saturated heterocycles. The van der Waals surface area contributed by atoms with Gasteiger partial charge >= 0.3 is 0 Å². The Labute approximate surface area is 200 Å². The first-order valence-corrected chi connectivity index (χ1v) is 12.0. The van der Waals surface area contributed by atoms with Gasteiger partial charge in [0.15, 0.2) is 11.9 Å². The highest BCUT2D eigenvalue weighted by atomic mass is 79.9. The lowest BCUT2D eigenvalue weighted by atomic mass is 9.95. The van der Waals surface area contributed by atoms with Gasteiger partial charge in [0.05, 0.1) is 20.5 Å². The zero-order chi connectivity index (χ0) is 22.0. The summed E-state index contributed by atoms with van der Waals surface area (Å²) in [6.45, 7) is 5.37. The number of hydrogen-bond acceptors (Lipinski definition) is 6. The number of Topliss-reactive ketones (excluding diaryl/α,β-unsaturated/α-hetero) is 1. The van der Waals surface area contributed by atoms with Gasteiger partial charge < -0.3 is 9.64 Å². The van der Waals surface area contributed by atoms with E-state index in [-0.39, 0.29) is 11.5 Å². The van der Waals surface area contributed by atoms with E-state index in [9.17, 15) is 14.9 Å². The summed E-state index contributed by atoms with van der Waals surface area (Å²) in [5.74, 6) is 0.192. The summed E-state index contributed by atoms with van der Waals surface area (Å²) in [5, 5.41) is 10.9. The highest BCUT2D eigenvalue weighted by molar-refractivity contribution is 9.11. The first kappa shape index (κ1) is 23.2. The van der Waals surface area contributed by atoms with Crippen molar-refractivity contribution in [3.63, 3.8) is 0 Å². The van der Waals surface area contributed by atoms with Gasteiger partial charge in [0.2, 0.25) is 0 Å². The Morgan fingerprint density at radius 1 is 1.27 bits per heavy atom. The third kappa shape index (κ3) is 4.56. The molecule has 0 fully saturated rings. The maximum atomic E-state index is 13.5. The van der Waals surface area contributed by atoms with Gasteiger partial charge in [-0.2, -0.15) is 0 Å². The van der Waals surface area contributed by atoms with Crippen molar-refractivity contribution in [3.05, 3.63) is 66.6 Å². The number of carbonyl (C=O) groups excluding carboxylic acids is 1. The van der Waals surface area contributed by atoms with Crippen molar-refractivity contribution in [2.24, 2.45) is 0 Å². The maximum Gasteiger partial charge on any atom is 0.276 e. The molecule has 0 radical (unpaired) electrons. The molecule has 0 N–H and O–H groups in total. The van der Waals surface area contributed by atoms with Crippen LogP contribution in [0.25, 0.3) is 0 Å². The SMILES string of the molecule is CCN(CC)C(=S)SC1C(=O)c2cc(Br)cc(Br)c2OC1c1ccccc1[N+](=O)[O-]. The smallest absolute Gasteiger partial charge is 0.276 e. The molecule has 0 aromatic heterocycles. The van der Waals surface area contributed by atoms with E-state index in [1.165, 1.54) is 17.8 Å². The van der Waals surface area contributed by atoms with E-state index < -0.39 is 16.3 Å². The van der Waals surface area contributed by atoms with E-state index in [1.807, 2.05) is 18.7 Å². The number of nitro benzene ring substituents is 1. The molecule has 0 spiro atoms. The van der Waals surface area contributed by atoms with Gasteiger partial charge in [-0.15, -0.1) is 0 Å².